The molecule has 1 atom stereocenters. The molecule has 1 rings (SSSR count). The average molecular weight is 349 g/mol. The molecule has 1 aliphatic rings. The lowest BCUT2D eigenvalue weighted by molar-refractivity contribution is -0.132. The van der Waals surface area contributed by atoms with E-state index in [-0.39, 0.29) is 16.7 Å². The van der Waals surface area contributed by atoms with Gasteiger partial charge in [-0.05, 0) is 41.2 Å². The van der Waals surface area contributed by atoms with Crippen molar-refractivity contribution in [2.75, 3.05) is 0 Å². The van der Waals surface area contributed by atoms with Gasteiger partial charge in [0.05, 0.1) is 0 Å². The van der Waals surface area contributed by atoms with E-state index >= 15 is 0 Å². The van der Waals surface area contributed by atoms with Crippen LogP contribution >= 0.6 is 0 Å². The zero-order valence-electron chi connectivity index (χ0n) is 17.1. The number of carboxylic acid groups (broad SMARTS) is 1. The molecule has 25 heavy (non-hydrogen) atoms. The minimum absolute atomic E-state index is 0.0204. The summed E-state index contributed by atoms with van der Waals surface area (Å²) < 4.78 is 0. The second-order valence-corrected chi connectivity index (χ2v) is 9.23. The van der Waals surface area contributed by atoms with E-state index in [2.05, 4.69) is 54.5 Å². The highest BCUT2D eigenvalue weighted by atomic mass is 16.4. The molecule has 0 aromatic rings. The van der Waals surface area contributed by atoms with Gasteiger partial charge < -0.3 is 10.2 Å². The highest BCUT2D eigenvalue weighted by Gasteiger charge is 2.33. The fourth-order valence-electron chi connectivity index (χ4n) is 3.31. The standard InChI is InChI=1S/C22H36O3/c1-8-9-10-11-16(20(24)25)12-15-13-17(21(2,3)4)19(23)18(14-15)22(5,6)7/h12-13,15,23H,8-11,14H2,1-7H3,(H,24,25). The molecule has 0 heterocycles. The second-order valence-electron chi connectivity index (χ2n) is 9.23. The number of aliphatic carboxylic acids is 1. The lowest BCUT2D eigenvalue weighted by atomic mass is 9.71. The highest BCUT2D eigenvalue weighted by molar-refractivity contribution is 5.86. The third-order valence-corrected chi connectivity index (χ3v) is 4.81. The first-order valence-electron chi connectivity index (χ1n) is 9.47. The van der Waals surface area contributed by atoms with Crippen molar-refractivity contribution in [1.82, 2.24) is 0 Å². The van der Waals surface area contributed by atoms with Crippen LogP contribution in [0.5, 0.6) is 0 Å². The number of unbranched alkanes of at least 4 members (excludes halogenated alkanes) is 2. The molecule has 1 aliphatic carbocycles. The second kappa shape index (κ2) is 8.25. The number of allylic oxidation sites excluding steroid dienone is 4. The van der Waals surface area contributed by atoms with Gasteiger partial charge in [0.15, 0.2) is 0 Å². The largest absolute Gasteiger partial charge is 0.508 e. The van der Waals surface area contributed by atoms with Crippen LogP contribution < -0.4 is 0 Å². The van der Waals surface area contributed by atoms with Crippen molar-refractivity contribution < 1.29 is 15.0 Å². The van der Waals surface area contributed by atoms with Crippen molar-refractivity contribution in [2.24, 2.45) is 16.7 Å². The summed E-state index contributed by atoms with van der Waals surface area (Å²) >= 11 is 0. The van der Waals surface area contributed by atoms with E-state index in [4.69, 9.17) is 0 Å². The quantitative estimate of drug-likeness (QED) is 0.429. The van der Waals surface area contributed by atoms with Crippen LogP contribution in [0.3, 0.4) is 0 Å². The van der Waals surface area contributed by atoms with Crippen molar-refractivity contribution in [2.45, 2.75) is 80.6 Å². The number of carboxylic acids is 1. The van der Waals surface area contributed by atoms with Gasteiger partial charge in [-0.3, -0.25) is 0 Å². The molecule has 3 heteroatoms. The van der Waals surface area contributed by atoms with E-state index in [1.165, 1.54) is 0 Å². The fourth-order valence-corrected chi connectivity index (χ4v) is 3.31. The lowest BCUT2D eigenvalue weighted by Crippen LogP contribution is -2.24. The molecule has 0 saturated carbocycles. The van der Waals surface area contributed by atoms with Gasteiger partial charge in [0.1, 0.15) is 5.76 Å². The van der Waals surface area contributed by atoms with Gasteiger partial charge in [-0.2, -0.15) is 0 Å². The molecule has 1 unspecified atom stereocenters. The Balaban J connectivity index is 3.25. The van der Waals surface area contributed by atoms with Gasteiger partial charge in [-0.1, -0.05) is 73.5 Å². The monoisotopic (exact) mass is 348 g/mol. The normalized spacial score (nSPS) is 19.9. The van der Waals surface area contributed by atoms with Crippen molar-refractivity contribution in [1.29, 1.82) is 0 Å². The van der Waals surface area contributed by atoms with Crippen molar-refractivity contribution in [3.8, 4) is 0 Å². The van der Waals surface area contributed by atoms with Crippen LogP contribution in [0.4, 0.5) is 0 Å². The maximum absolute atomic E-state index is 11.6. The molecule has 0 aromatic carbocycles. The predicted octanol–water partition coefficient (Wildman–Crippen LogP) is 6.43. The summed E-state index contributed by atoms with van der Waals surface area (Å²) in [5.74, 6) is -0.405. The summed E-state index contributed by atoms with van der Waals surface area (Å²) in [5, 5.41) is 20.4. The van der Waals surface area contributed by atoms with Gasteiger partial charge in [-0.25, -0.2) is 4.79 Å². The molecule has 3 nitrogen and oxygen atoms in total. The Morgan fingerprint density at radius 2 is 1.76 bits per heavy atom. The summed E-state index contributed by atoms with van der Waals surface area (Å²) in [7, 11) is 0. The number of carbonyl (C=O) groups is 1. The van der Waals surface area contributed by atoms with Crippen LogP contribution in [0.25, 0.3) is 0 Å². The van der Waals surface area contributed by atoms with Crippen LogP contribution in [0.15, 0.2) is 34.6 Å². The predicted molar refractivity (Wildman–Crippen MR) is 105 cm³/mol. The fraction of sp³-hybridized carbons (Fsp3) is 0.682. The van der Waals surface area contributed by atoms with E-state index < -0.39 is 5.97 Å². The first-order chi connectivity index (χ1) is 11.4. The minimum Gasteiger partial charge on any atom is -0.508 e. The molecule has 142 valence electrons. The van der Waals surface area contributed by atoms with Gasteiger partial charge in [0.25, 0.3) is 0 Å². The zero-order chi connectivity index (χ0) is 19.4. The highest BCUT2D eigenvalue weighted by Crippen LogP contribution is 2.44. The van der Waals surface area contributed by atoms with Crippen LogP contribution in [-0.4, -0.2) is 16.2 Å². The van der Waals surface area contributed by atoms with Crippen molar-refractivity contribution in [3.63, 3.8) is 0 Å². The Morgan fingerprint density at radius 1 is 1.16 bits per heavy atom. The van der Waals surface area contributed by atoms with Crippen LogP contribution in [-0.2, 0) is 4.79 Å². The maximum Gasteiger partial charge on any atom is 0.331 e. The summed E-state index contributed by atoms with van der Waals surface area (Å²) in [6, 6.07) is 0. The van der Waals surface area contributed by atoms with Gasteiger partial charge in [0, 0.05) is 11.5 Å². The molecule has 0 fully saturated rings. The molecule has 0 spiro atoms. The number of hydrogen-bond acceptors (Lipinski definition) is 2. The van der Waals surface area contributed by atoms with E-state index in [0.29, 0.717) is 24.2 Å². The number of hydrogen-bond donors (Lipinski definition) is 2. The summed E-state index contributed by atoms with van der Waals surface area (Å²) in [5.41, 5.74) is 2.10. The third-order valence-electron chi connectivity index (χ3n) is 4.81. The Kier molecular flexibility index (Phi) is 7.10. The van der Waals surface area contributed by atoms with Crippen LogP contribution in [0.1, 0.15) is 80.6 Å². The zero-order valence-corrected chi connectivity index (χ0v) is 17.1. The minimum atomic E-state index is -0.821. The van der Waals surface area contributed by atoms with E-state index in [1.807, 2.05) is 6.08 Å². The smallest absolute Gasteiger partial charge is 0.331 e. The molecular weight excluding hydrogens is 312 g/mol. The molecule has 0 amide bonds. The van der Waals surface area contributed by atoms with E-state index in [1.54, 1.807) is 0 Å². The maximum atomic E-state index is 11.6. The third kappa shape index (κ3) is 6.05. The Bertz CT molecular complexity index is 577. The number of aliphatic hydroxyl groups is 1. The lowest BCUT2D eigenvalue weighted by Gasteiger charge is -2.35. The summed E-state index contributed by atoms with van der Waals surface area (Å²) in [6.45, 7) is 14.7. The van der Waals surface area contributed by atoms with E-state index in [9.17, 15) is 15.0 Å². The molecule has 0 aliphatic heterocycles. The van der Waals surface area contributed by atoms with Gasteiger partial charge >= 0.3 is 5.97 Å². The Hall–Kier alpha value is -1.51. The van der Waals surface area contributed by atoms with Gasteiger partial charge in [0.2, 0.25) is 0 Å². The molecule has 2 N–H and O–H groups in total. The summed E-state index contributed by atoms with van der Waals surface area (Å²) in [4.78, 5) is 11.6. The van der Waals surface area contributed by atoms with Crippen LogP contribution in [0, 0.1) is 16.7 Å². The summed E-state index contributed by atoms with van der Waals surface area (Å²) in [6.07, 6.45) is 8.29. The first-order valence-corrected chi connectivity index (χ1v) is 9.47. The topological polar surface area (TPSA) is 57.5 Å². The molecule has 0 radical (unpaired) electrons. The van der Waals surface area contributed by atoms with E-state index in [0.717, 1.165) is 30.4 Å². The SMILES string of the molecule is CCCCCC(=CC1C=C(C(C)(C)C)C(O)=C(C(C)(C)C)C1)C(=O)O. The molecule has 0 saturated heterocycles. The first kappa shape index (κ1) is 21.5. The number of aliphatic hydroxyl groups excluding tert-OH is 1. The molecule has 0 aromatic heterocycles. The van der Waals surface area contributed by atoms with Crippen molar-refractivity contribution in [3.05, 3.63) is 34.6 Å². The van der Waals surface area contributed by atoms with Crippen molar-refractivity contribution >= 4 is 5.97 Å². The molecular formula is C22H36O3. The Morgan fingerprint density at radius 3 is 2.20 bits per heavy atom. The average Bonchev–Trinajstić information content (AvgIpc) is 2.45. The van der Waals surface area contributed by atoms with Crippen LogP contribution in [0.2, 0.25) is 0 Å². The van der Waals surface area contributed by atoms with Gasteiger partial charge in [-0.15, -0.1) is 0 Å². The number of rotatable bonds is 6. The molecule has 0 bridgehead atoms. The Labute approximate surface area is 153 Å².